The lowest BCUT2D eigenvalue weighted by Crippen LogP contribution is -2.47. The zero-order valence-corrected chi connectivity index (χ0v) is 23.4. The van der Waals surface area contributed by atoms with Gasteiger partial charge in [-0.25, -0.2) is 9.37 Å². The number of hydrogen-bond acceptors (Lipinski definition) is 6. The number of anilines is 2. The van der Waals surface area contributed by atoms with Crippen molar-refractivity contribution in [2.45, 2.75) is 63.5 Å². The largest absolute Gasteiger partial charge is 0.486 e. The zero-order valence-electron chi connectivity index (χ0n) is 23.4. The molecule has 2 heterocycles. The van der Waals surface area contributed by atoms with Gasteiger partial charge in [-0.3, -0.25) is 19.3 Å². The first-order valence-corrected chi connectivity index (χ1v) is 14.5. The highest BCUT2D eigenvalue weighted by Crippen LogP contribution is 2.37. The molecular formula is C32H35FN4O5. The average Bonchev–Trinajstić information content (AvgIpc) is 3.01. The molecule has 1 fully saturated rings. The van der Waals surface area contributed by atoms with Crippen LogP contribution in [0.1, 0.15) is 63.0 Å². The summed E-state index contributed by atoms with van der Waals surface area (Å²) in [6.45, 7) is 0.775. The van der Waals surface area contributed by atoms with Crippen LogP contribution in [0.5, 0.6) is 11.5 Å². The van der Waals surface area contributed by atoms with Crippen LogP contribution in [0.25, 0.3) is 0 Å². The van der Waals surface area contributed by atoms with Gasteiger partial charge in [-0.15, -0.1) is 0 Å². The van der Waals surface area contributed by atoms with Crippen LogP contribution in [-0.2, 0) is 14.4 Å². The summed E-state index contributed by atoms with van der Waals surface area (Å²) in [5, 5.41) is 5.87. The highest BCUT2D eigenvalue weighted by Gasteiger charge is 2.34. The molecule has 1 atom stereocenters. The van der Waals surface area contributed by atoms with Gasteiger partial charge in [-0.1, -0.05) is 37.5 Å². The number of amides is 3. The third-order valence-corrected chi connectivity index (χ3v) is 7.44. The van der Waals surface area contributed by atoms with Gasteiger partial charge in [-0.05, 0) is 61.2 Å². The topological polar surface area (TPSA) is 110 Å². The van der Waals surface area contributed by atoms with Gasteiger partial charge in [0.25, 0.3) is 0 Å². The molecule has 0 unspecified atom stereocenters. The van der Waals surface area contributed by atoms with Gasteiger partial charge in [-0.2, -0.15) is 0 Å². The van der Waals surface area contributed by atoms with Crippen LogP contribution >= 0.6 is 0 Å². The highest BCUT2D eigenvalue weighted by atomic mass is 19.1. The minimum atomic E-state index is -1.06. The second-order valence-corrected chi connectivity index (χ2v) is 10.5. The Morgan fingerprint density at radius 1 is 0.929 bits per heavy atom. The molecule has 3 amide bonds. The number of fused-ring (bicyclic) bond motifs is 1. The molecule has 3 aromatic rings. The summed E-state index contributed by atoms with van der Waals surface area (Å²) < 4.78 is 25.4. The Morgan fingerprint density at radius 2 is 1.69 bits per heavy atom. The van der Waals surface area contributed by atoms with Crippen molar-refractivity contribution < 1.29 is 28.2 Å². The van der Waals surface area contributed by atoms with Crippen molar-refractivity contribution >= 4 is 29.2 Å². The summed E-state index contributed by atoms with van der Waals surface area (Å²) in [6, 6.07) is 14.9. The molecule has 2 aromatic carbocycles. The van der Waals surface area contributed by atoms with Crippen LogP contribution in [0.15, 0.2) is 66.9 Å². The average molecular weight is 575 g/mol. The summed E-state index contributed by atoms with van der Waals surface area (Å²) in [4.78, 5) is 46.0. The van der Waals surface area contributed by atoms with Gasteiger partial charge in [0.15, 0.2) is 11.5 Å². The smallest absolute Gasteiger partial charge is 0.248 e. The Morgan fingerprint density at radius 3 is 2.43 bits per heavy atom. The molecule has 9 nitrogen and oxygen atoms in total. The van der Waals surface area contributed by atoms with E-state index >= 15 is 0 Å². The van der Waals surface area contributed by atoms with Crippen molar-refractivity contribution in [3.8, 4) is 11.5 Å². The molecule has 0 saturated heterocycles. The Balaban J connectivity index is 1.42. The SMILES string of the molecule is O=C(CCCC(=O)N(c1ccc2c(c1)OCCO2)[C@@H](C(=O)NC1CCCCC1)c1ccc(F)cc1)Nc1ccccn1. The summed E-state index contributed by atoms with van der Waals surface area (Å²) in [6.07, 6.45) is 6.83. The van der Waals surface area contributed by atoms with Crippen molar-refractivity contribution in [2.75, 3.05) is 23.4 Å². The molecule has 0 radical (unpaired) electrons. The maximum atomic E-state index is 14.0. The van der Waals surface area contributed by atoms with Crippen LogP contribution in [0.4, 0.5) is 15.9 Å². The third kappa shape index (κ3) is 7.43. The van der Waals surface area contributed by atoms with Crippen LogP contribution in [0.3, 0.4) is 0 Å². The molecule has 0 spiro atoms. The number of benzene rings is 2. The molecule has 5 rings (SSSR count). The maximum Gasteiger partial charge on any atom is 0.248 e. The molecule has 10 heteroatoms. The molecule has 0 bridgehead atoms. The molecule has 220 valence electrons. The first-order chi connectivity index (χ1) is 20.5. The van der Waals surface area contributed by atoms with Gasteiger partial charge in [0.05, 0.1) is 0 Å². The Hall–Kier alpha value is -4.47. The third-order valence-electron chi connectivity index (χ3n) is 7.44. The Labute approximate surface area is 244 Å². The molecule has 1 aliphatic heterocycles. The van der Waals surface area contributed by atoms with Crippen LogP contribution in [0.2, 0.25) is 0 Å². The zero-order chi connectivity index (χ0) is 29.3. The minimum Gasteiger partial charge on any atom is -0.486 e. The van der Waals surface area contributed by atoms with Crippen LogP contribution in [-0.4, -0.2) is 42.0 Å². The first kappa shape index (κ1) is 29.0. The molecule has 1 saturated carbocycles. The number of rotatable bonds is 10. The number of aromatic nitrogens is 1. The lowest BCUT2D eigenvalue weighted by molar-refractivity contribution is -0.127. The van der Waals surface area contributed by atoms with E-state index in [1.165, 1.54) is 29.2 Å². The fourth-order valence-corrected chi connectivity index (χ4v) is 5.37. The number of ether oxygens (including phenoxy) is 2. The normalized spacial score (nSPS) is 15.4. The molecule has 2 aliphatic rings. The minimum absolute atomic E-state index is 0.00150. The van der Waals surface area contributed by atoms with Gasteiger partial charge < -0.3 is 20.1 Å². The van der Waals surface area contributed by atoms with Gasteiger partial charge in [0, 0.05) is 36.8 Å². The van der Waals surface area contributed by atoms with E-state index in [2.05, 4.69) is 15.6 Å². The van der Waals surface area contributed by atoms with Gasteiger partial charge in [0.1, 0.15) is 30.9 Å². The quantitative estimate of drug-likeness (QED) is 0.339. The summed E-state index contributed by atoms with van der Waals surface area (Å²) in [5.74, 6) is 0.0433. The van der Waals surface area contributed by atoms with Crippen molar-refractivity contribution in [1.82, 2.24) is 10.3 Å². The number of nitrogens with zero attached hydrogens (tertiary/aromatic N) is 2. The monoisotopic (exact) mass is 574 g/mol. The maximum absolute atomic E-state index is 14.0. The van der Waals surface area contributed by atoms with E-state index in [1.54, 1.807) is 42.6 Å². The molecule has 42 heavy (non-hydrogen) atoms. The van der Waals surface area contributed by atoms with E-state index in [0.29, 0.717) is 41.8 Å². The number of pyridine rings is 1. The van der Waals surface area contributed by atoms with E-state index < -0.39 is 11.9 Å². The van der Waals surface area contributed by atoms with E-state index in [-0.39, 0.29) is 43.0 Å². The van der Waals surface area contributed by atoms with E-state index in [4.69, 9.17) is 9.47 Å². The van der Waals surface area contributed by atoms with E-state index in [0.717, 1.165) is 32.1 Å². The second-order valence-electron chi connectivity index (χ2n) is 10.5. The first-order valence-electron chi connectivity index (χ1n) is 14.5. The fraction of sp³-hybridized carbons (Fsp3) is 0.375. The highest BCUT2D eigenvalue weighted by molar-refractivity contribution is 6.02. The predicted octanol–water partition coefficient (Wildman–Crippen LogP) is 5.32. The standard InChI is InChI=1S/C32H35FN4O5/c33-23-14-12-22(13-15-23)31(32(40)35-24-7-2-1-3-8-24)37(25-16-17-26-27(21-25)42-20-19-41-26)30(39)11-6-10-29(38)36-28-9-4-5-18-34-28/h4-5,9,12-18,21,24,31H,1-3,6-8,10-11,19-20H2,(H,35,40)(H,34,36,38)/t31-/m1/s1. The molecule has 1 aliphatic carbocycles. The Kier molecular flexibility index (Phi) is 9.63. The molecule has 1 aromatic heterocycles. The predicted molar refractivity (Wildman–Crippen MR) is 156 cm³/mol. The van der Waals surface area contributed by atoms with Crippen molar-refractivity contribution in [1.29, 1.82) is 0 Å². The lowest BCUT2D eigenvalue weighted by atomic mass is 9.94. The van der Waals surface area contributed by atoms with Crippen molar-refractivity contribution in [3.05, 3.63) is 78.2 Å². The Bertz CT molecular complexity index is 1380. The van der Waals surface area contributed by atoms with Crippen molar-refractivity contribution in [2.24, 2.45) is 0 Å². The van der Waals surface area contributed by atoms with Crippen LogP contribution < -0.4 is 25.0 Å². The van der Waals surface area contributed by atoms with Crippen LogP contribution in [0, 0.1) is 5.82 Å². The summed E-state index contributed by atoms with van der Waals surface area (Å²) >= 11 is 0. The molecular weight excluding hydrogens is 539 g/mol. The van der Waals surface area contributed by atoms with Gasteiger partial charge >= 0.3 is 0 Å². The van der Waals surface area contributed by atoms with Gasteiger partial charge in [0.2, 0.25) is 17.7 Å². The second kappa shape index (κ2) is 13.9. The number of nitrogens with one attached hydrogen (secondary N) is 2. The fourth-order valence-electron chi connectivity index (χ4n) is 5.37. The molecule has 2 N–H and O–H groups in total. The van der Waals surface area contributed by atoms with Crippen molar-refractivity contribution in [3.63, 3.8) is 0 Å². The number of hydrogen-bond donors (Lipinski definition) is 2. The number of carbonyl (C=O) groups is 3. The van der Waals surface area contributed by atoms with E-state index in [1.807, 2.05) is 0 Å². The number of carbonyl (C=O) groups excluding carboxylic acids is 3. The lowest BCUT2D eigenvalue weighted by Gasteiger charge is -2.34. The van der Waals surface area contributed by atoms with E-state index in [9.17, 15) is 18.8 Å². The number of halogens is 1. The summed E-state index contributed by atoms with van der Waals surface area (Å²) in [5.41, 5.74) is 0.913. The summed E-state index contributed by atoms with van der Waals surface area (Å²) in [7, 11) is 0.